The van der Waals surface area contributed by atoms with Gasteiger partial charge in [0, 0.05) is 94.5 Å². The molecule has 0 unspecified atom stereocenters. The Morgan fingerprint density at radius 3 is 0.920 bits per heavy atom. The van der Waals surface area contributed by atoms with Crippen molar-refractivity contribution < 1.29 is 191 Å². The molecule has 44 heteroatoms. The third-order valence-corrected chi connectivity index (χ3v) is 16.0. The van der Waals surface area contributed by atoms with Crippen LogP contribution in [0, 0.1) is 0 Å². The highest BCUT2D eigenvalue weighted by molar-refractivity contribution is 6.04. The van der Waals surface area contributed by atoms with E-state index in [1.54, 1.807) is 0 Å². The number of hydrogen-bond donors (Lipinski definition) is 2. The van der Waals surface area contributed by atoms with Gasteiger partial charge in [-0.3, -0.25) is 86.3 Å². The molecule has 6 aliphatic heterocycles. The largest absolute Gasteiger partial charge is 0.468 e. The van der Waals surface area contributed by atoms with Crippen LogP contribution in [0.15, 0.2) is 36.4 Å². The highest BCUT2D eigenvalue weighted by Crippen LogP contribution is 2.40. The molecule has 0 aromatic heterocycles. The Morgan fingerprint density at radius 1 is 0.357 bits per heavy atom. The number of ether oxygens (including phenoxy) is 22. The van der Waals surface area contributed by atoms with Crippen LogP contribution in [-0.2, 0) is 191 Å². The van der Waals surface area contributed by atoms with E-state index in [2.05, 4.69) is 20.1 Å². The molecule has 112 heavy (non-hydrogen) atoms. The SMILES string of the molecule is COC(=O)CNC(=O)CN1C(=O)[C@H]2O[C@@H](OC/C=C/CO[C@@H]3O[C@H](C(=O)N(CC(=O)NCC(=O)OC)c4ccc1cc4)[C@@H](OC(C)=O)[C@H](O[C@H]1O[C@H](COC(C)=O)[C@@H](OC(C)=O)[C@H](OC(C)=O)[C@@H]1OC(C)=O)[C@H]3OC(C)=O)[C@H](OC(C)=O)[C@@H](O[C@H]1O[C@H](COC(C)=O)[C@@H](OC(C)=O)[C@H](OC(C)=O)[C@@H]1OC(C)=O)[C@@H]2OC(C)=O. The summed E-state index contributed by atoms with van der Waals surface area (Å²) in [6.45, 7) is 3.77. The number of esters is 14. The smallest absolute Gasteiger partial charge is 0.325 e. The zero-order valence-corrected chi connectivity index (χ0v) is 62.9. The number of rotatable bonds is 26. The minimum Gasteiger partial charge on any atom is -0.468 e. The van der Waals surface area contributed by atoms with Crippen molar-refractivity contribution in [1.82, 2.24) is 10.6 Å². The van der Waals surface area contributed by atoms with Crippen LogP contribution in [0.2, 0.25) is 0 Å². The molecule has 1 aromatic carbocycles. The molecule has 44 nitrogen and oxygen atoms in total. The van der Waals surface area contributed by atoms with Crippen LogP contribution in [0.25, 0.3) is 0 Å². The minimum atomic E-state index is -2.40. The fourth-order valence-electron chi connectivity index (χ4n) is 11.8. The molecule has 7 rings (SSSR count). The molecule has 6 bridgehead atoms. The van der Waals surface area contributed by atoms with Crippen LogP contribution in [0.3, 0.4) is 0 Å². The van der Waals surface area contributed by atoms with Crippen molar-refractivity contribution in [3.05, 3.63) is 36.4 Å². The van der Waals surface area contributed by atoms with Gasteiger partial charge in [-0.15, -0.1) is 0 Å². The highest BCUT2D eigenvalue weighted by atomic mass is 16.8. The summed E-state index contributed by atoms with van der Waals surface area (Å²) in [4.78, 5) is 243. The molecule has 618 valence electrons. The Balaban J connectivity index is 1.66. The number of carbonyl (C=O) groups is 18. The predicted molar refractivity (Wildman–Crippen MR) is 355 cm³/mol. The van der Waals surface area contributed by atoms with E-state index in [9.17, 15) is 76.7 Å². The summed E-state index contributed by atoms with van der Waals surface area (Å²) >= 11 is 0. The summed E-state index contributed by atoms with van der Waals surface area (Å²) in [7, 11) is 1.98. The average Bonchev–Trinajstić information content (AvgIpc) is 0.747. The van der Waals surface area contributed by atoms with E-state index < -0.39 is 294 Å². The first-order valence-corrected chi connectivity index (χ1v) is 34.0. The summed E-state index contributed by atoms with van der Waals surface area (Å²) < 4.78 is 127. The second-order valence-corrected chi connectivity index (χ2v) is 24.7. The molecular weight excluding hydrogens is 1510 g/mol. The average molecular weight is 1600 g/mol. The maximum atomic E-state index is 16.0. The Morgan fingerprint density at radius 2 is 0.634 bits per heavy atom. The third-order valence-electron chi connectivity index (χ3n) is 16.0. The lowest BCUT2D eigenvalue weighted by atomic mass is 9.95. The Hall–Kier alpha value is -10.9. The molecule has 0 spiro atoms. The van der Waals surface area contributed by atoms with E-state index in [4.69, 9.17) is 94.7 Å². The molecular formula is C68H86N4O40. The van der Waals surface area contributed by atoms with Crippen LogP contribution in [0.1, 0.15) is 83.1 Å². The van der Waals surface area contributed by atoms with Crippen molar-refractivity contribution in [3.63, 3.8) is 0 Å². The summed E-state index contributed by atoms with van der Waals surface area (Å²) in [5.41, 5.74) is -0.794. The van der Waals surface area contributed by atoms with E-state index in [1.165, 1.54) is 0 Å². The Kier molecular flexibility index (Phi) is 33.7. The van der Waals surface area contributed by atoms with Gasteiger partial charge in [0.25, 0.3) is 11.8 Å². The molecule has 6 aliphatic rings. The van der Waals surface area contributed by atoms with Crippen LogP contribution in [-0.4, -0.2) is 297 Å². The fraction of sp³-hybridized carbons (Fsp3) is 0.618. The van der Waals surface area contributed by atoms with Crippen LogP contribution in [0.5, 0.6) is 0 Å². The fourth-order valence-corrected chi connectivity index (χ4v) is 11.8. The van der Waals surface area contributed by atoms with Crippen molar-refractivity contribution in [2.75, 3.05) is 76.6 Å². The standard InChI is InChI=1S/C68H86N4O40/c1-29(73)95-27-43-49(97-31(3)75)51(99-33(5)77)61(105-39(11)83)67(107-43)109-55-53(101-35(7)79)57-63(89)71(25-45(85)69-23-47(87)91-13)41-17-19-42(20-18-41)72(26-46(86)70-24-48(88)92-14)64(90)58-54(102-36(8)80)56(60(104-38(10)82)66(112-58)94-22-16-15-21-93-65(111-57)59(55)103-37(9)81)110-68-62(106-40(12)84)52(100-34(6)78)50(98-32(4)76)44(108-68)28-96-30(2)74/h15-20,43-44,49-62,65-68H,21-28H2,1-14H3,(H,69,85)(H,70,86)/b16-15+/t43-,44-,49-,50-,51+,52+,53+,54+,55+,56+,57+,58+,59-,60-,61+,62+,65-,66-,67-,68-/m1/s1. The lowest BCUT2D eigenvalue weighted by Gasteiger charge is -2.49. The number of fused-ring (bicyclic) bond motifs is 8. The van der Waals surface area contributed by atoms with Gasteiger partial charge in [-0.05, 0) is 24.3 Å². The van der Waals surface area contributed by atoms with Gasteiger partial charge in [0.05, 0.1) is 27.4 Å². The molecule has 4 fully saturated rings. The predicted octanol–water partition coefficient (Wildman–Crippen LogP) is -3.35. The number of nitrogens with one attached hydrogen (secondary N) is 2. The second-order valence-electron chi connectivity index (χ2n) is 24.7. The van der Waals surface area contributed by atoms with Gasteiger partial charge in [0.15, 0.2) is 98.4 Å². The van der Waals surface area contributed by atoms with Crippen molar-refractivity contribution in [2.24, 2.45) is 0 Å². The van der Waals surface area contributed by atoms with Crippen molar-refractivity contribution in [1.29, 1.82) is 0 Å². The molecule has 4 saturated heterocycles. The monoisotopic (exact) mass is 1600 g/mol. The van der Waals surface area contributed by atoms with Crippen LogP contribution < -0.4 is 20.4 Å². The first-order chi connectivity index (χ1) is 52.8. The van der Waals surface area contributed by atoms with Gasteiger partial charge in [-0.1, -0.05) is 12.2 Å². The lowest BCUT2D eigenvalue weighted by molar-refractivity contribution is -0.356. The highest BCUT2D eigenvalue weighted by Gasteiger charge is 2.62. The van der Waals surface area contributed by atoms with Crippen molar-refractivity contribution >= 4 is 119 Å². The number of amides is 4. The van der Waals surface area contributed by atoms with Crippen molar-refractivity contribution in [2.45, 2.75) is 206 Å². The molecule has 1 aromatic rings. The third kappa shape index (κ3) is 25.8. The Bertz CT molecular complexity index is 3450. The molecule has 6 heterocycles. The van der Waals surface area contributed by atoms with Gasteiger partial charge in [0.1, 0.15) is 63.8 Å². The maximum Gasteiger partial charge on any atom is 0.325 e. The number of hydrogen-bond acceptors (Lipinski definition) is 40. The number of benzene rings is 1. The Labute approximate surface area is 636 Å². The number of nitrogens with zero attached hydrogens (tertiary/aromatic N) is 2. The molecule has 0 radical (unpaired) electrons. The van der Waals surface area contributed by atoms with Crippen LogP contribution >= 0.6 is 0 Å². The zero-order valence-electron chi connectivity index (χ0n) is 62.9. The molecule has 0 saturated carbocycles. The van der Waals surface area contributed by atoms with E-state index >= 15 is 9.59 Å². The number of anilines is 2. The van der Waals surface area contributed by atoms with E-state index in [0.717, 1.165) is 134 Å². The summed E-state index contributed by atoms with van der Waals surface area (Å²) in [5.74, 6) is -20.3. The first kappa shape index (κ1) is 90.0. The van der Waals surface area contributed by atoms with Crippen molar-refractivity contribution in [3.8, 4) is 0 Å². The molecule has 4 amide bonds. The summed E-state index contributed by atoms with van der Waals surface area (Å²) in [6, 6.07) is 4.13. The van der Waals surface area contributed by atoms with Crippen LogP contribution in [0.4, 0.5) is 11.4 Å². The first-order valence-electron chi connectivity index (χ1n) is 34.0. The van der Waals surface area contributed by atoms with Gasteiger partial charge < -0.3 is 125 Å². The topological polar surface area (TPSA) is 541 Å². The van der Waals surface area contributed by atoms with E-state index in [1.807, 2.05) is 0 Å². The number of carbonyl (C=O) groups excluding carboxylic acids is 18. The molecule has 2 N–H and O–H groups in total. The second kappa shape index (κ2) is 41.9. The normalized spacial score (nSPS) is 28.7. The maximum absolute atomic E-state index is 16.0. The summed E-state index contributed by atoms with van der Waals surface area (Å²) in [6.07, 6.45) is -39.8. The molecule has 0 aliphatic carbocycles. The zero-order chi connectivity index (χ0) is 83.1. The lowest BCUT2D eigenvalue weighted by Crippen LogP contribution is -2.68. The van der Waals surface area contributed by atoms with Gasteiger partial charge in [-0.2, -0.15) is 0 Å². The van der Waals surface area contributed by atoms with Gasteiger partial charge in [0.2, 0.25) is 11.8 Å². The number of methoxy groups -OCH3 is 2. The van der Waals surface area contributed by atoms with Gasteiger partial charge in [-0.25, -0.2) is 0 Å². The quantitative estimate of drug-likeness (QED) is 0.0520. The minimum absolute atomic E-state index is 0.397. The van der Waals surface area contributed by atoms with Gasteiger partial charge >= 0.3 is 83.6 Å². The summed E-state index contributed by atoms with van der Waals surface area (Å²) in [5, 5.41) is 4.53. The van der Waals surface area contributed by atoms with E-state index in [0.29, 0.717) is 9.80 Å². The van der Waals surface area contributed by atoms with E-state index in [-0.39, 0.29) is 0 Å². The molecule has 20 atom stereocenters.